The summed E-state index contributed by atoms with van der Waals surface area (Å²) in [6, 6.07) is 20.3. The molecule has 0 saturated carbocycles. The van der Waals surface area contributed by atoms with Gasteiger partial charge in [-0.25, -0.2) is 13.8 Å². The van der Waals surface area contributed by atoms with E-state index in [4.69, 9.17) is 9.47 Å². The molecule has 0 atom stereocenters. The van der Waals surface area contributed by atoms with Crippen molar-refractivity contribution >= 4 is 39.6 Å². The number of carbonyl (C=O) groups is 1. The minimum Gasteiger partial charge on any atom is -0.497 e. The van der Waals surface area contributed by atoms with Crippen LogP contribution in [-0.4, -0.2) is 51.8 Å². The molecular weight excluding hydrogens is 498 g/mol. The first-order valence-electron chi connectivity index (χ1n) is 11.2. The van der Waals surface area contributed by atoms with E-state index in [0.717, 1.165) is 32.7 Å². The van der Waals surface area contributed by atoms with E-state index < -0.39 is 22.5 Å². The number of benzene rings is 3. The molecule has 1 aliphatic heterocycles. The summed E-state index contributed by atoms with van der Waals surface area (Å²) < 4.78 is 38.9. The monoisotopic (exact) mass is 525 g/mol. The van der Waals surface area contributed by atoms with Crippen LogP contribution in [0.4, 0.5) is 5.69 Å². The number of nitrogens with zero attached hydrogens (tertiary/aromatic N) is 2. The van der Waals surface area contributed by atoms with Gasteiger partial charge in [0, 0.05) is 11.5 Å². The van der Waals surface area contributed by atoms with Gasteiger partial charge >= 0.3 is 0 Å². The molecule has 1 amide bonds. The van der Waals surface area contributed by atoms with Gasteiger partial charge in [-0.3, -0.25) is 9.10 Å². The van der Waals surface area contributed by atoms with Crippen molar-refractivity contribution in [1.82, 2.24) is 5.43 Å². The summed E-state index contributed by atoms with van der Waals surface area (Å²) >= 11 is 1.85. The second-order valence-corrected chi connectivity index (χ2v) is 11.1. The van der Waals surface area contributed by atoms with Gasteiger partial charge in [-0.1, -0.05) is 17.7 Å². The van der Waals surface area contributed by atoms with E-state index in [1.807, 2.05) is 43.0 Å². The van der Waals surface area contributed by atoms with Crippen molar-refractivity contribution in [2.75, 3.05) is 29.5 Å². The van der Waals surface area contributed by atoms with Gasteiger partial charge in [0.1, 0.15) is 24.1 Å². The van der Waals surface area contributed by atoms with Crippen molar-refractivity contribution in [3.05, 3.63) is 83.9 Å². The molecular formula is C26H27N3O5S2. The molecule has 0 aliphatic carbocycles. The maximum Gasteiger partial charge on any atom is 0.264 e. The SMILES string of the molecule is COc1ccc(S(=O)(=O)N(CC(=O)N/N=C\c2ccc(OC3CSC3)cc2)c2ccc(C)cc2)cc1. The Hall–Kier alpha value is -3.50. The van der Waals surface area contributed by atoms with Gasteiger partial charge in [-0.2, -0.15) is 16.9 Å². The number of methoxy groups -OCH3 is 1. The fraction of sp³-hybridized carbons (Fsp3) is 0.231. The molecule has 0 spiro atoms. The topological polar surface area (TPSA) is 97.3 Å². The number of amides is 1. The lowest BCUT2D eigenvalue weighted by atomic mass is 10.2. The third-order valence-electron chi connectivity index (χ3n) is 5.45. The number of hydrogen-bond donors (Lipinski definition) is 1. The number of aryl methyl sites for hydroxylation is 1. The second kappa shape index (κ2) is 11.5. The van der Waals surface area contributed by atoms with Crippen LogP contribution in [0.25, 0.3) is 0 Å². The van der Waals surface area contributed by atoms with Crippen LogP contribution in [0, 0.1) is 6.92 Å². The van der Waals surface area contributed by atoms with E-state index >= 15 is 0 Å². The molecule has 8 nitrogen and oxygen atoms in total. The van der Waals surface area contributed by atoms with Gasteiger partial charge in [0.05, 0.1) is 23.9 Å². The van der Waals surface area contributed by atoms with Crippen LogP contribution in [0.15, 0.2) is 82.8 Å². The molecule has 0 radical (unpaired) electrons. The number of rotatable bonds is 10. The zero-order chi connectivity index (χ0) is 25.5. The molecule has 0 unspecified atom stereocenters. The highest BCUT2D eigenvalue weighted by molar-refractivity contribution is 8.00. The van der Waals surface area contributed by atoms with Gasteiger partial charge < -0.3 is 9.47 Å². The zero-order valence-corrected chi connectivity index (χ0v) is 21.6. The van der Waals surface area contributed by atoms with Gasteiger partial charge in [-0.05, 0) is 73.2 Å². The van der Waals surface area contributed by atoms with E-state index in [9.17, 15) is 13.2 Å². The van der Waals surface area contributed by atoms with Gasteiger partial charge in [0.2, 0.25) is 0 Å². The van der Waals surface area contributed by atoms with Gasteiger partial charge in [0.25, 0.3) is 15.9 Å². The molecule has 10 heteroatoms. The lowest BCUT2D eigenvalue weighted by molar-refractivity contribution is -0.119. The molecule has 0 aromatic heterocycles. The average Bonchev–Trinajstić information content (AvgIpc) is 2.86. The fourth-order valence-electron chi connectivity index (χ4n) is 3.35. The minimum atomic E-state index is -4.03. The quantitative estimate of drug-likeness (QED) is 0.319. The van der Waals surface area contributed by atoms with Crippen LogP contribution in [-0.2, 0) is 14.8 Å². The predicted octanol–water partition coefficient (Wildman–Crippen LogP) is 3.84. The van der Waals surface area contributed by atoms with Crippen LogP contribution in [0.3, 0.4) is 0 Å². The van der Waals surface area contributed by atoms with Crippen molar-refractivity contribution < 1.29 is 22.7 Å². The molecule has 1 N–H and O–H groups in total. The Kier molecular flexibility index (Phi) is 8.17. The van der Waals surface area contributed by atoms with E-state index in [-0.39, 0.29) is 11.0 Å². The third-order valence-corrected chi connectivity index (χ3v) is 8.45. The Morgan fingerprint density at radius 3 is 2.25 bits per heavy atom. The largest absolute Gasteiger partial charge is 0.497 e. The number of nitrogens with one attached hydrogen (secondary N) is 1. The van der Waals surface area contributed by atoms with E-state index in [0.29, 0.717) is 11.4 Å². The molecule has 1 saturated heterocycles. The standard InChI is InChI=1S/C26H27N3O5S2/c1-19-3-7-21(8-4-19)29(36(31,32)25-13-11-22(33-2)12-14-25)16-26(30)28-27-15-20-5-9-23(10-6-20)34-24-17-35-18-24/h3-15,24H,16-18H2,1-2H3,(H,28,30)/b27-15-. The maximum absolute atomic E-state index is 13.4. The number of thioether (sulfide) groups is 1. The van der Waals surface area contributed by atoms with Crippen LogP contribution in [0.2, 0.25) is 0 Å². The fourth-order valence-corrected chi connectivity index (χ4v) is 5.34. The Labute approximate surface area is 215 Å². The Balaban J connectivity index is 1.45. The van der Waals surface area contributed by atoms with E-state index in [2.05, 4.69) is 10.5 Å². The summed E-state index contributed by atoms with van der Waals surface area (Å²) in [6.07, 6.45) is 1.76. The van der Waals surface area contributed by atoms with Crippen LogP contribution in [0.5, 0.6) is 11.5 Å². The number of carbonyl (C=O) groups excluding carboxylic acids is 1. The van der Waals surface area contributed by atoms with Crippen molar-refractivity contribution in [1.29, 1.82) is 0 Å². The highest BCUT2D eigenvalue weighted by atomic mass is 32.2. The first-order valence-corrected chi connectivity index (χ1v) is 13.8. The van der Waals surface area contributed by atoms with Gasteiger partial charge in [0.15, 0.2) is 0 Å². The molecule has 36 heavy (non-hydrogen) atoms. The summed E-state index contributed by atoms with van der Waals surface area (Å²) in [5.41, 5.74) is 4.53. The molecule has 1 heterocycles. The molecule has 188 valence electrons. The summed E-state index contributed by atoms with van der Waals surface area (Å²) in [7, 11) is -2.52. The average molecular weight is 526 g/mol. The Morgan fingerprint density at radius 1 is 1.03 bits per heavy atom. The van der Waals surface area contributed by atoms with E-state index in [1.54, 1.807) is 36.4 Å². The number of anilines is 1. The maximum atomic E-state index is 13.4. The van der Waals surface area contributed by atoms with Gasteiger partial charge in [-0.15, -0.1) is 0 Å². The molecule has 1 fully saturated rings. The summed E-state index contributed by atoms with van der Waals surface area (Å²) in [5.74, 6) is 2.75. The minimum absolute atomic E-state index is 0.0444. The number of hydrogen-bond acceptors (Lipinski definition) is 7. The molecule has 4 rings (SSSR count). The normalized spacial score (nSPS) is 13.7. The highest BCUT2D eigenvalue weighted by Crippen LogP contribution is 2.26. The first-order chi connectivity index (χ1) is 17.3. The highest BCUT2D eigenvalue weighted by Gasteiger charge is 2.27. The predicted molar refractivity (Wildman–Crippen MR) is 143 cm³/mol. The van der Waals surface area contributed by atoms with E-state index in [1.165, 1.54) is 25.5 Å². The first kappa shape index (κ1) is 25.6. The number of hydrazone groups is 1. The number of ether oxygens (including phenoxy) is 2. The summed E-state index contributed by atoms with van der Waals surface area (Å²) in [6.45, 7) is 1.46. The zero-order valence-electron chi connectivity index (χ0n) is 20.0. The van der Waals surface area contributed by atoms with Crippen molar-refractivity contribution in [2.45, 2.75) is 17.9 Å². The molecule has 3 aromatic rings. The smallest absolute Gasteiger partial charge is 0.264 e. The lowest BCUT2D eigenvalue weighted by Gasteiger charge is -2.25. The Bertz CT molecular complexity index is 1310. The van der Waals surface area contributed by atoms with Crippen LogP contribution < -0.4 is 19.2 Å². The lowest BCUT2D eigenvalue weighted by Crippen LogP contribution is -2.39. The van der Waals surface area contributed by atoms with Crippen molar-refractivity contribution in [3.8, 4) is 11.5 Å². The van der Waals surface area contributed by atoms with Crippen molar-refractivity contribution in [3.63, 3.8) is 0 Å². The van der Waals surface area contributed by atoms with Crippen LogP contribution in [0.1, 0.15) is 11.1 Å². The second-order valence-electron chi connectivity index (χ2n) is 8.16. The Morgan fingerprint density at radius 2 is 1.67 bits per heavy atom. The molecule has 1 aliphatic rings. The van der Waals surface area contributed by atoms with Crippen LogP contribution >= 0.6 is 11.8 Å². The number of sulfonamides is 1. The third kappa shape index (κ3) is 6.38. The van der Waals surface area contributed by atoms with Crippen molar-refractivity contribution in [2.24, 2.45) is 5.10 Å². The molecule has 3 aromatic carbocycles. The summed E-state index contributed by atoms with van der Waals surface area (Å²) in [5, 5.41) is 3.99. The molecule has 0 bridgehead atoms. The summed E-state index contributed by atoms with van der Waals surface area (Å²) in [4.78, 5) is 12.7.